The molecule has 0 bridgehead atoms. The van der Waals surface area contributed by atoms with Crippen molar-refractivity contribution in [1.29, 1.82) is 0 Å². The number of halogens is 3. The molecule has 116 valence electrons. The third-order valence-electron chi connectivity index (χ3n) is 3.71. The molecule has 0 atom stereocenters. The molecule has 0 spiro atoms. The van der Waals surface area contributed by atoms with Crippen molar-refractivity contribution < 1.29 is 18.0 Å². The highest BCUT2D eigenvalue weighted by Gasteiger charge is 2.48. The molecular weight excluding hydrogens is 315 g/mol. The number of nitrogens with zero attached hydrogens (tertiary/aromatic N) is 3. The number of likely N-dealkylation sites (N-methyl/N-ethyl adjacent to an activating group) is 1. The molecule has 0 radical (unpaired) electrons. The normalized spacial score (nSPS) is 17.9. The Morgan fingerprint density at radius 2 is 1.91 bits per heavy atom. The summed E-state index contributed by atoms with van der Waals surface area (Å²) in [4.78, 5) is 17.9. The van der Waals surface area contributed by atoms with Gasteiger partial charge in [0.1, 0.15) is 5.54 Å². The van der Waals surface area contributed by atoms with Crippen molar-refractivity contribution in [2.75, 3.05) is 11.9 Å². The van der Waals surface area contributed by atoms with Crippen molar-refractivity contribution in [2.24, 2.45) is 0 Å². The van der Waals surface area contributed by atoms with Gasteiger partial charge in [-0.2, -0.15) is 13.2 Å². The smallest absolute Gasteiger partial charge is 0.337 e. The van der Waals surface area contributed by atoms with Crippen LogP contribution in [0.1, 0.15) is 19.4 Å². The van der Waals surface area contributed by atoms with Gasteiger partial charge in [0.25, 0.3) is 5.91 Å². The van der Waals surface area contributed by atoms with Crippen molar-refractivity contribution in [3.8, 4) is 0 Å². The zero-order chi connectivity index (χ0) is 16.9. The maximum Gasteiger partial charge on any atom is 0.407 e. The first-order chi connectivity index (χ1) is 10.0. The highest BCUT2D eigenvalue weighted by atomic mass is 32.1. The highest BCUT2D eigenvalue weighted by Crippen LogP contribution is 2.40. The van der Waals surface area contributed by atoms with Gasteiger partial charge in [-0.3, -0.25) is 9.69 Å². The van der Waals surface area contributed by atoms with Crippen LogP contribution in [-0.2, 0) is 11.0 Å². The standard InChI is InChI=1S/C14H12F3N3OS/c1-13(2)11(21)20(12(22)19(13)4)8-5-6-10(18-3)9(7-8)14(15,16)17/h5-7H,1-2,4H3. The lowest BCUT2D eigenvalue weighted by molar-refractivity contribution is -0.136. The molecular formula is C14H12F3N3OS. The Balaban J connectivity index is 2.58. The lowest BCUT2D eigenvalue weighted by Gasteiger charge is -2.24. The summed E-state index contributed by atoms with van der Waals surface area (Å²) in [5.74, 6) is -0.413. The van der Waals surface area contributed by atoms with Crippen molar-refractivity contribution >= 4 is 34.6 Å². The first kappa shape index (κ1) is 16.2. The van der Waals surface area contributed by atoms with Gasteiger partial charge in [-0.25, -0.2) is 4.85 Å². The van der Waals surface area contributed by atoms with E-state index in [9.17, 15) is 18.0 Å². The van der Waals surface area contributed by atoms with Gasteiger partial charge in [0.05, 0.1) is 12.1 Å². The van der Waals surface area contributed by atoms with Crippen LogP contribution >= 0.6 is 12.2 Å². The van der Waals surface area contributed by atoms with E-state index >= 15 is 0 Å². The number of alkyl halides is 3. The van der Waals surface area contributed by atoms with Gasteiger partial charge in [-0.1, -0.05) is 6.07 Å². The molecule has 0 saturated carbocycles. The predicted molar refractivity (Wildman–Crippen MR) is 79.6 cm³/mol. The Morgan fingerprint density at radius 3 is 2.32 bits per heavy atom. The molecule has 2 rings (SSSR count). The quantitative estimate of drug-likeness (QED) is 0.583. The summed E-state index contributed by atoms with van der Waals surface area (Å²) in [6, 6.07) is 3.13. The van der Waals surface area contributed by atoms with Crippen LogP contribution in [-0.4, -0.2) is 28.5 Å². The molecule has 0 unspecified atom stereocenters. The summed E-state index contributed by atoms with van der Waals surface area (Å²) in [6.07, 6.45) is -4.68. The predicted octanol–water partition coefficient (Wildman–Crippen LogP) is 3.60. The van der Waals surface area contributed by atoms with Crippen LogP contribution in [0.3, 0.4) is 0 Å². The zero-order valence-corrected chi connectivity index (χ0v) is 12.8. The second-order valence-corrected chi connectivity index (χ2v) is 5.72. The molecule has 4 nitrogen and oxygen atoms in total. The van der Waals surface area contributed by atoms with Crippen molar-refractivity contribution in [1.82, 2.24) is 4.90 Å². The van der Waals surface area contributed by atoms with Crippen LogP contribution in [0, 0.1) is 6.57 Å². The van der Waals surface area contributed by atoms with Gasteiger partial charge in [0.2, 0.25) is 0 Å². The van der Waals surface area contributed by atoms with Crippen LogP contribution in [0.5, 0.6) is 0 Å². The fourth-order valence-electron chi connectivity index (χ4n) is 2.11. The molecule has 0 aliphatic carbocycles. The number of amides is 1. The number of hydrogen-bond acceptors (Lipinski definition) is 2. The molecule has 8 heteroatoms. The Bertz CT molecular complexity index is 706. The topological polar surface area (TPSA) is 27.9 Å². The van der Waals surface area contributed by atoms with E-state index in [0.717, 1.165) is 17.0 Å². The zero-order valence-electron chi connectivity index (χ0n) is 12.0. The minimum atomic E-state index is -4.68. The van der Waals surface area contributed by atoms with Gasteiger partial charge in [0, 0.05) is 12.7 Å². The number of anilines is 1. The van der Waals surface area contributed by atoms with Gasteiger partial charge in [-0.05, 0) is 38.2 Å². The first-order valence-electron chi connectivity index (χ1n) is 6.23. The van der Waals surface area contributed by atoms with Crippen molar-refractivity contribution in [2.45, 2.75) is 25.6 Å². The average Bonchev–Trinajstić information content (AvgIpc) is 2.58. The second kappa shape index (κ2) is 4.95. The van der Waals surface area contributed by atoms with E-state index < -0.39 is 28.9 Å². The van der Waals surface area contributed by atoms with E-state index in [-0.39, 0.29) is 10.8 Å². The minimum absolute atomic E-state index is 0.00662. The number of benzene rings is 1. The van der Waals surface area contributed by atoms with E-state index in [0.29, 0.717) is 0 Å². The van der Waals surface area contributed by atoms with Crippen LogP contribution < -0.4 is 4.90 Å². The van der Waals surface area contributed by atoms with Gasteiger partial charge >= 0.3 is 6.18 Å². The Morgan fingerprint density at radius 1 is 1.32 bits per heavy atom. The fourth-order valence-corrected chi connectivity index (χ4v) is 2.52. The summed E-state index contributed by atoms with van der Waals surface area (Å²) in [5.41, 5.74) is -2.52. The van der Waals surface area contributed by atoms with E-state index in [1.54, 1.807) is 20.9 Å². The fraction of sp³-hybridized carbons (Fsp3) is 0.357. The van der Waals surface area contributed by atoms with Gasteiger partial charge < -0.3 is 4.90 Å². The van der Waals surface area contributed by atoms with Crippen molar-refractivity contribution in [3.63, 3.8) is 0 Å². The Labute approximate surface area is 130 Å². The lowest BCUT2D eigenvalue weighted by atomic mass is 10.0. The summed E-state index contributed by atoms with van der Waals surface area (Å²) in [5, 5.41) is 0.124. The molecule has 1 aliphatic rings. The van der Waals surface area contributed by atoms with Gasteiger partial charge in [0.15, 0.2) is 10.8 Å². The molecule has 1 aromatic rings. The number of carbonyl (C=O) groups is 1. The van der Waals surface area contributed by atoms with E-state index in [4.69, 9.17) is 18.8 Å². The lowest BCUT2D eigenvalue weighted by Crippen LogP contribution is -2.41. The highest BCUT2D eigenvalue weighted by molar-refractivity contribution is 7.80. The SMILES string of the molecule is [C-]#[N+]c1ccc(N2C(=O)C(C)(C)N(C)C2=S)cc1C(F)(F)F. The molecule has 1 heterocycles. The molecule has 22 heavy (non-hydrogen) atoms. The number of thiocarbonyl (C=S) groups is 1. The number of hydrogen-bond donors (Lipinski definition) is 0. The maximum atomic E-state index is 13.0. The third-order valence-corrected chi connectivity index (χ3v) is 4.16. The monoisotopic (exact) mass is 327 g/mol. The summed E-state index contributed by atoms with van der Waals surface area (Å²) in [7, 11) is 1.61. The largest absolute Gasteiger partial charge is 0.407 e. The van der Waals surface area contributed by atoms with Crippen LogP contribution in [0.15, 0.2) is 18.2 Å². The van der Waals surface area contributed by atoms with E-state index in [1.165, 1.54) is 11.0 Å². The number of carbonyl (C=O) groups excluding carboxylic acids is 1. The Hall–Kier alpha value is -2.14. The molecule has 1 fully saturated rings. The van der Waals surface area contributed by atoms with Crippen LogP contribution in [0.2, 0.25) is 0 Å². The van der Waals surface area contributed by atoms with Crippen LogP contribution in [0.25, 0.3) is 4.85 Å². The van der Waals surface area contributed by atoms with Crippen LogP contribution in [0.4, 0.5) is 24.5 Å². The molecule has 1 aliphatic heterocycles. The van der Waals surface area contributed by atoms with Crippen molar-refractivity contribution in [3.05, 3.63) is 35.2 Å². The first-order valence-corrected chi connectivity index (χ1v) is 6.63. The molecule has 1 amide bonds. The van der Waals surface area contributed by atoms with Gasteiger partial charge in [-0.15, -0.1) is 0 Å². The molecule has 0 N–H and O–H groups in total. The minimum Gasteiger partial charge on any atom is -0.337 e. The number of rotatable bonds is 1. The summed E-state index contributed by atoms with van der Waals surface area (Å²) >= 11 is 5.16. The summed E-state index contributed by atoms with van der Waals surface area (Å²) in [6.45, 7) is 10.1. The maximum absolute atomic E-state index is 13.0. The second-order valence-electron chi connectivity index (χ2n) is 5.35. The molecule has 0 aromatic heterocycles. The molecule has 1 aromatic carbocycles. The third kappa shape index (κ3) is 2.31. The summed E-state index contributed by atoms with van der Waals surface area (Å²) < 4.78 is 39.1. The van der Waals surface area contributed by atoms with E-state index in [1.807, 2.05) is 0 Å². The molecule has 1 saturated heterocycles. The average molecular weight is 327 g/mol. The van der Waals surface area contributed by atoms with E-state index in [2.05, 4.69) is 4.85 Å². The Kier molecular flexibility index (Phi) is 3.65.